The lowest BCUT2D eigenvalue weighted by molar-refractivity contribution is 0.250. The molecule has 7 nitrogen and oxygen atoms in total. The smallest absolute Gasteiger partial charge is 0.350 e. The van der Waals surface area contributed by atoms with Gasteiger partial charge >= 0.3 is 5.69 Å². The Hall–Kier alpha value is -2.77. The quantitative estimate of drug-likeness (QED) is 0.552. The van der Waals surface area contributed by atoms with Crippen molar-refractivity contribution in [2.75, 3.05) is 37.6 Å². The van der Waals surface area contributed by atoms with Crippen LogP contribution in [0.3, 0.4) is 0 Å². The molecule has 2 aliphatic heterocycles. The molecule has 3 heterocycles. The van der Waals surface area contributed by atoms with Crippen molar-refractivity contribution in [1.29, 1.82) is 0 Å². The minimum Gasteiger partial charge on any atom is -0.483 e. The van der Waals surface area contributed by atoms with Gasteiger partial charge in [-0.25, -0.2) is 14.0 Å². The molecule has 0 saturated carbocycles. The molecular formula is C23H26ClN5O2. The minimum atomic E-state index is -0.0825. The summed E-state index contributed by atoms with van der Waals surface area (Å²) in [7, 11) is 0. The van der Waals surface area contributed by atoms with Crippen LogP contribution in [0.15, 0.2) is 53.3 Å². The molecule has 1 fully saturated rings. The number of aryl methyl sites for hydroxylation is 1. The van der Waals surface area contributed by atoms with Gasteiger partial charge in [0.2, 0.25) is 0 Å². The SMILES string of the molecule is O=c1n(CCCCN2CCN(c3cccc(Cl)c3)CC2)nc2n1-c1ccccc1OC2. The molecule has 2 aliphatic rings. The third kappa shape index (κ3) is 4.20. The average Bonchev–Trinajstić information content (AvgIpc) is 3.13. The van der Waals surface area contributed by atoms with Crippen molar-refractivity contribution in [3.05, 3.63) is 69.9 Å². The van der Waals surface area contributed by atoms with E-state index in [2.05, 4.69) is 21.0 Å². The number of nitrogens with zero attached hydrogens (tertiary/aromatic N) is 5. The molecule has 0 atom stereocenters. The first-order valence-electron chi connectivity index (χ1n) is 10.8. The highest BCUT2D eigenvalue weighted by atomic mass is 35.5. The van der Waals surface area contributed by atoms with E-state index in [0.29, 0.717) is 19.0 Å². The van der Waals surface area contributed by atoms with Crippen LogP contribution >= 0.6 is 11.6 Å². The van der Waals surface area contributed by atoms with Gasteiger partial charge in [-0.3, -0.25) is 4.90 Å². The molecule has 0 N–H and O–H groups in total. The van der Waals surface area contributed by atoms with Crippen molar-refractivity contribution in [2.24, 2.45) is 0 Å². The number of rotatable bonds is 6. The van der Waals surface area contributed by atoms with Gasteiger partial charge in [0.1, 0.15) is 12.4 Å². The Labute approximate surface area is 186 Å². The Balaban J connectivity index is 1.12. The zero-order valence-electron chi connectivity index (χ0n) is 17.4. The van der Waals surface area contributed by atoms with Crippen LogP contribution in [0, 0.1) is 0 Å². The number of piperazine rings is 1. The van der Waals surface area contributed by atoms with Gasteiger partial charge in [0.15, 0.2) is 5.82 Å². The Morgan fingerprint density at radius 3 is 2.61 bits per heavy atom. The van der Waals surface area contributed by atoms with Gasteiger partial charge in [0.05, 0.1) is 5.69 Å². The van der Waals surface area contributed by atoms with Crippen molar-refractivity contribution in [3.63, 3.8) is 0 Å². The van der Waals surface area contributed by atoms with Crippen molar-refractivity contribution >= 4 is 17.3 Å². The Kier molecular flexibility index (Phi) is 5.70. The molecule has 5 rings (SSSR count). The van der Waals surface area contributed by atoms with Gasteiger partial charge in [0.25, 0.3) is 0 Å². The van der Waals surface area contributed by atoms with Gasteiger partial charge in [-0.15, -0.1) is 0 Å². The number of ether oxygens (including phenoxy) is 1. The van der Waals surface area contributed by atoms with Gasteiger partial charge in [0, 0.05) is 43.4 Å². The number of hydrogen-bond acceptors (Lipinski definition) is 5. The van der Waals surface area contributed by atoms with Gasteiger partial charge < -0.3 is 9.64 Å². The minimum absolute atomic E-state index is 0.0825. The summed E-state index contributed by atoms with van der Waals surface area (Å²) in [6.07, 6.45) is 1.96. The number of aromatic nitrogens is 3. The molecule has 1 aromatic heterocycles. The van der Waals surface area contributed by atoms with E-state index in [0.717, 1.165) is 62.0 Å². The zero-order valence-corrected chi connectivity index (χ0v) is 18.2. The number of benzene rings is 2. The molecule has 1 saturated heterocycles. The largest absolute Gasteiger partial charge is 0.483 e. The fourth-order valence-corrected chi connectivity index (χ4v) is 4.52. The summed E-state index contributed by atoms with van der Waals surface area (Å²) in [5, 5.41) is 5.28. The lowest BCUT2D eigenvalue weighted by Crippen LogP contribution is -2.46. The van der Waals surface area contributed by atoms with Crippen molar-refractivity contribution in [1.82, 2.24) is 19.2 Å². The van der Waals surface area contributed by atoms with E-state index in [1.807, 2.05) is 42.5 Å². The van der Waals surface area contributed by atoms with Gasteiger partial charge in [-0.05, 0) is 49.7 Å². The predicted octanol–water partition coefficient (Wildman–Crippen LogP) is 3.18. The van der Waals surface area contributed by atoms with Crippen LogP contribution in [-0.2, 0) is 13.2 Å². The van der Waals surface area contributed by atoms with E-state index >= 15 is 0 Å². The van der Waals surface area contributed by atoms with Crippen LogP contribution < -0.4 is 15.3 Å². The highest BCUT2D eigenvalue weighted by Gasteiger charge is 2.22. The molecule has 0 aliphatic carbocycles. The number of para-hydroxylation sites is 2. The molecule has 0 bridgehead atoms. The first-order chi connectivity index (χ1) is 15.2. The normalized spacial score (nSPS) is 16.0. The molecule has 3 aromatic rings. The summed E-state index contributed by atoms with van der Waals surface area (Å²) in [5.74, 6) is 1.40. The second-order valence-corrected chi connectivity index (χ2v) is 8.47. The van der Waals surface area contributed by atoms with E-state index in [-0.39, 0.29) is 5.69 Å². The highest BCUT2D eigenvalue weighted by molar-refractivity contribution is 6.30. The second kappa shape index (κ2) is 8.77. The van der Waals surface area contributed by atoms with Gasteiger partial charge in [-0.2, -0.15) is 5.10 Å². The maximum atomic E-state index is 12.8. The molecule has 2 aromatic carbocycles. The Morgan fingerprint density at radius 2 is 1.77 bits per heavy atom. The van der Waals surface area contributed by atoms with E-state index in [1.54, 1.807) is 9.25 Å². The van der Waals surface area contributed by atoms with Crippen molar-refractivity contribution < 1.29 is 4.74 Å². The van der Waals surface area contributed by atoms with Gasteiger partial charge in [-0.1, -0.05) is 29.8 Å². The summed E-state index contributed by atoms with van der Waals surface area (Å²) >= 11 is 6.12. The summed E-state index contributed by atoms with van der Waals surface area (Å²) in [6.45, 7) is 6.09. The monoisotopic (exact) mass is 439 g/mol. The van der Waals surface area contributed by atoms with Crippen LogP contribution in [0.5, 0.6) is 5.75 Å². The fraction of sp³-hybridized carbons (Fsp3) is 0.391. The van der Waals surface area contributed by atoms with E-state index in [1.165, 1.54) is 5.69 Å². The summed E-state index contributed by atoms with van der Waals surface area (Å²) in [5.41, 5.74) is 1.89. The fourth-order valence-electron chi connectivity index (χ4n) is 4.34. The number of hydrogen-bond donors (Lipinski definition) is 0. The summed E-state index contributed by atoms with van der Waals surface area (Å²) in [6, 6.07) is 15.7. The molecule has 0 amide bonds. The molecular weight excluding hydrogens is 414 g/mol. The standard InChI is InChI=1S/C23H26ClN5O2/c24-18-6-5-7-19(16-18)27-14-12-26(13-15-27)10-3-4-11-28-23(30)29-20-8-1-2-9-21(20)31-17-22(29)25-28/h1-2,5-9,16H,3-4,10-15,17H2. The Bertz CT molecular complexity index is 1120. The van der Waals surface area contributed by atoms with E-state index in [4.69, 9.17) is 16.3 Å². The first-order valence-corrected chi connectivity index (χ1v) is 11.2. The topological polar surface area (TPSA) is 55.5 Å². The number of fused-ring (bicyclic) bond motifs is 3. The van der Waals surface area contributed by atoms with E-state index in [9.17, 15) is 4.79 Å². The predicted molar refractivity (Wildman–Crippen MR) is 121 cm³/mol. The maximum Gasteiger partial charge on any atom is 0.350 e. The highest BCUT2D eigenvalue weighted by Crippen LogP contribution is 2.27. The van der Waals surface area contributed by atoms with Crippen LogP contribution in [0.4, 0.5) is 5.69 Å². The first kappa shape index (κ1) is 20.2. The molecule has 0 unspecified atom stereocenters. The van der Waals surface area contributed by atoms with Crippen LogP contribution in [0.1, 0.15) is 18.7 Å². The number of halogens is 1. The molecule has 162 valence electrons. The molecule has 8 heteroatoms. The lowest BCUT2D eigenvalue weighted by atomic mass is 10.2. The van der Waals surface area contributed by atoms with Crippen molar-refractivity contribution in [3.8, 4) is 11.4 Å². The van der Waals surface area contributed by atoms with E-state index < -0.39 is 0 Å². The number of unbranched alkanes of at least 4 members (excludes halogenated alkanes) is 1. The average molecular weight is 440 g/mol. The Morgan fingerprint density at radius 1 is 0.968 bits per heavy atom. The van der Waals surface area contributed by atoms with Crippen LogP contribution in [-0.4, -0.2) is 52.0 Å². The van der Waals surface area contributed by atoms with Crippen LogP contribution in [0.2, 0.25) is 5.02 Å². The van der Waals surface area contributed by atoms with Crippen molar-refractivity contribution in [2.45, 2.75) is 26.0 Å². The summed E-state index contributed by atoms with van der Waals surface area (Å²) in [4.78, 5) is 17.7. The van der Waals surface area contributed by atoms with Crippen LogP contribution in [0.25, 0.3) is 5.69 Å². The summed E-state index contributed by atoms with van der Waals surface area (Å²) < 4.78 is 8.97. The molecule has 31 heavy (non-hydrogen) atoms. The third-order valence-corrected chi connectivity index (χ3v) is 6.24. The second-order valence-electron chi connectivity index (χ2n) is 8.03. The third-order valence-electron chi connectivity index (χ3n) is 6.01. The maximum absolute atomic E-state index is 12.8. The molecule has 0 radical (unpaired) electrons. The molecule has 0 spiro atoms. The number of anilines is 1. The lowest BCUT2D eigenvalue weighted by Gasteiger charge is -2.36. The zero-order chi connectivity index (χ0) is 21.2.